The largest absolute Gasteiger partial charge is 0.464 e. The van der Waals surface area contributed by atoms with E-state index in [0.717, 1.165) is 17.6 Å². The van der Waals surface area contributed by atoms with E-state index < -0.39 is 17.7 Å². The van der Waals surface area contributed by atoms with Crippen LogP contribution in [0, 0.1) is 5.82 Å². The molecule has 0 aliphatic rings. The second-order valence-corrected chi connectivity index (χ2v) is 4.16. The molecule has 0 aliphatic heterocycles. The highest BCUT2D eigenvalue weighted by atomic mass is 32.1. The molecule has 0 atom stereocenters. The molecule has 1 heterocycles. The first kappa shape index (κ1) is 13.1. The third-order valence-corrected chi connectivity index (χ3v) is 2.82. The molecular weight excluding hydrogens is 273 g/mol. The smallest absolute Gasteiger partial charge is 0.361 e. The molecule has 1 N–H and O–H groups in total. The summed E-state index contributed by atoms with van der Waals surface area (Å²) in [6, 6.07) is 5.17. The van der Waals surface area contributed by atoms with Gasteiger partial charge in [0.15, 0.2) is 5.00 Å². The lowest BCUT2D eigenvalue weighted by atomic mass is 10.2. The van der Waals surface area contributed by atoms with Crippen molar-refractivity contribution in [3.8, 4) is 0 Å². The number of nitrogens with one attached hydrogen (secondary N) is 1. The molecule has 0 spiro atoms. The van der Waals surface area contributed by atoms with Crippen molar-refractivity contribution in [2.75, 3.05) is 12.4 Å². The van der Waals surface area contributed by atoms with Crippen LogP contribution in [0.15, 0.2) is 24.3 Å². The Bertz CT molecular complexity index is 629. The normalized spacial score (nSPS) is 10.0. The van der Waals surface area contributed by atoms with Gasteiger partial charge in [-0.05, 0) is 18.2 Å². The fourth-order valence-electron chi connectivity index (χ4n) is 1.31. The molecule has 2 aromatic rings. The predicted molar refractivity (Wildman–Crippen MR) is 65.6 cm³/mol. The SMILES string of the molecule is COC(=O)c1nnsc1NC(=O)c1cccc(F)c1. The third kappa shape index (κ3) is 2.91. The minimum absolute atomic E-state index is 0.0859. The highest BCUT2D eigenvalue weighted by Crippen LogP contribution is 2.19. The highest BCUT2D eigenvalue weighted by molar-refractivity contribution is 7.10. The first-order chi connectivity index (χ1) is 9.11. The highest BCUT2D eigenvalue weighted by Gasteiger charge is 2.19. The zero-order chi connectivity index (χ0) is 13.8. The van der Waals surface area contributed by atoms with Crippen molar-refractivity contribution in [1.29, 1.82) is 0 Å². The van der Waals surface area contributed by atoms with Gasteiger partial charge in [0.1, 0.15) is 5.82 Å². The Labute approximate surface area is 111 Å². The van der Waals surface area contributed by atoms with Crippen molar-refractivity contribution in [2.24, 2.45) is 0 Å². The molecular formula is C11H8FN3O3S. The van der Waals surface area contributed by atoms with Gasteiger partial charge in [0, 0.05) is 17.1 Å². The Morgan fingerprint density at radius 3 is 2.89 bits per heavy atom. The summed E-state index contributed by atoms with van der Waals surface area (Å²) in [4.78, 5) is 23.2. The number of nitrogens with zero attached hydrogens (tertiary/aromatic N) is 2. The Morgan fingerprint density at radius 1 is 1.42 bits per heavy atom. The summed E-state index contributed by atoms with van der Waals surface area (Å²) in [6.07, 6.45) is 0. The van der Waals surface area contributed by atoms with E-state index in [-0.39, 0.29) is 16.3 Å². The molecule has 1 aromatic heterocycles. The van der Waals surface area contributed by atoms with Gasteiger partial charge < -0.3 is 10.1 Å². The predicted octanol–water partition coefficient (Wildman–Crippen LogP) is 1.72. The molecule has 0 fully saturated rings. The summed E-state index contributed by atoms with van der Waals surface area (Å²) in [5.74, 6) is -1.79. The molecule has 0 unspecified atom stereocenters. The minimum atomic E-state index is -0.705. The Kier molecular flexibility index (Phi) is 3.81. The molecule has 0 aliphatic carbocycles. The van der Waals surface area contributed by atoms with Crippen molar-refractivity contribution in [3.05, 3.63) is 41.3 Å². The lowest BCUT2D eigenvalue weighted by Gasteiger charge is -2.03. The number of halogens is 1. The molecule has 19 heavy (non-hydrogen) atoms. The average molecular weight is 281 g/mol. The number of anilines is 1. The van der Waals surface area contributed by atoms with E-state index in [0.29, 0.717) is 0 Å². The number of carbonyl (C=O) groups is 2. The number of aromatic nitrogens is 2. The molecule has 8 heteroatoms. The fourth-order valence-corrected chi connectivity index (χ4v) is 1.86. The molecule has 98 valence electrons. The molecule has 2 rings (SSSR count). The zero-order valence-corrected chi connectivity index (χ0v) is 10.5. The number of ether oxygens (including phenoxy) is 1. The van der Waals surface area contributed by atoms with Crippen LogP contribution in [0.4, 0.5) is 9.39 Å². The maximum Gasteiger partial charge on any atom is 0.361 e. The van der Waals surface area contributed by atoms with Crippen LogP contribution in [0.3, 0.4) is 0 Å². The number of methoxy groups -OCH3 is 1. The van der Waals surface area contributed by atoms with Crippen molar-refractivity contribution in [1.82, 2.24) is 9.59 Å². The molecule has 0 radical (unpaired) electrons. The summed E-state index contributed by atoms with van der Waals surface area (Å²) < 4.78 is 21.0. The van der Waals surface area contributed by atoms with Crippen LogP contribution < -0.4 is 5.32 Å². The topological polar surface area (TPSA) is 81.2 Å². The molecule has 0 saturated carbocycles. The van der Waals surface area contributed by atoms with E-state index in [9.17, 15) is 14.0 Å². The van der Waals surface area contributed by atoms with Gasteiger partial charge in [0.25, 0.3) is 5.91 Å². The quantitative estimate of drug-likeness (QED) is 0.866. The Balaban J connectivity index is 2.20. The van der Waals surface area contributed by atoms with Crippen molar-refractivity contribution in [2.45, 2.75) is 0 Å². The lowest BCUT2D eigenvalue weighted by molar-refractivity contribution is 0.0595. The van der Waals surface area contributed by atoms with Gasteiger partial charge in [-0.3, -0.25) is 4.79 Å². The summed E-state index contributed by atoms with van der Waals surface area (Å²) >= 11 is 0.833. The standard InChI is InChI=1S/C11H8FN3O3S/c1-18-11(17)8-10(19-15-14-8)13-9(16)6-3-2-4-7(12)5-6/h2-5H,1H3,(H,13,16). The second kappa shape index (κ2) is 5.53. The monoisotopic (exact) mass is 281 g/mol. The van der Waals surface area contributed by atoms with Crippen LogP contribution >= 0.6 is 11.5 Å². The van der Waals surface area contributed by atoms with Crippen molar-refractivity contribution >= 4 is 28.4 Å². The van der Waals surface area contributed by atoms with Crippen LogP contribution in [0.1, 0.15) is 20.8 Å². The van der Waals surface area contributed by atoms with Gasteiger partial charge in [-0.2, -0.15) is 0 Å². The number of benzene rings is 1. The van der Waals surface area contributed by atoms with E-state index in [1.807, 2.05) is 0 Å². The van der Waals surface area contributed by atoms with Gasteiger partial charge in [0.2, 0.25) is 5.69 Å². The molecule has 1 aromatic carbocycles. The maximum absolute atomic E-state index is 13.0. The van der Waals surface area contributed by atoms with Crippen LogP contribution in [-0.4, -0.2) is 28.6 Å². The van der Waals surface area contributed by atoms with Gasteiger partial charge in [0.05, 0.1) is 7.11 Å². The lowest BCUT2D eigenvalue weighted by Crippen LogP contribution is -2.14. The van der Waals surface area contributed by atoms with Crippen molar-refractivity contribution in [3.63, 3.8) is 0 Å². The maximum atomic E-state index is 13.0. The Morgan fingerprint density at radius 2 is 2.21 bits per heavy atom. The van der Waals surface area contributed by atoms with Crippen molar-refractivity contribution < 1.29 is 18.7 Å². The number of hydrogen-bond acceptors (Lipinski definition) is 6. The first-order valence-corrected chi connectivity index (χ1v) is 5.86. The number of carbonyl (C=O) groups excluding carboxylic acids is 2. The average Bonchev–Trinajstić information content (AvgIpc) is 2.86. The van der Waals surface area contributed by atoms with Gasteiger partial charge in [-0.1, -0.05) is 10.6 Å². The summed E-state index contributed by atoms with van der Waals surface area (Å²) in [5, 5.41) is 6.15. The van der Waals surface area contributed by atoms with Gasteiger partial charge in [-0.15, -0.1) is 5.10 Å². The molecule has 6 nitrogen and oxygen atoms in total. The summed E-state index contributed by atoms with van der Waals surface area (Å²) in [7, 11) is 1.19. The van der Waals surface area contributed by atoms with Crippen LogP contribution in [0.2, 0.25) is 0 Å². The molecule has 0 saturated heterocycles. The van der Waals surface area contributed by atoms with Gasteiger partial charge in [-0.25, -0.2) is 9.18 Å². The molecule has 0 bridgehead atoms. The Hall–Kier alpha value is -2.35. The number of rotatable bonds is 3. The van der Waals surface area contributed by atoms with E-state index in [1.54, 1.807) is 0 Å². The van der Waals surface area contributed by atoms with Crippen LogP contribution in [0.5, 0.6) is 0 Å². The van der Waals surface area contributed by atoms with Crippen LogP contribution in [-0.2, 0) is 4.74 Å². The van der Waals surface area contributed by atoms with Crippen LogP contribution in [0.25, 0.3) is 0 Å². The van der Waals surface area contributed by atoms with Gasteiger partial charge >= 0.3 is 5.97 Å². The number of esters is 1. The zero-order valence-electron chi connectivity index (χ0n) is 9.71. The minimum Gasteiger partial charge on any atom is -0.464 e. The van der Waals surface area contributed by atoms with E-state index in [2.05, 4.69) is 19.6 Å². The van der Waals surface area contributed by atoms with E-state index in [4.69, 9.17) is 0 Å². The molecule has 1 amide bonds. The second-order valence-electron chi connectivity index (χ2n) is 3.41. The third-order valence-electron chi connectivity index (χ3n) is 2.18. The fraction of sp³-hybridized carbons (Fsp3) is 0.0909. The first-order valence-electron chi connectivity index (χ1n) is 5.09. The van der Waals surface area contributed by atoms with E-state index in [1.165, 1.54) is 25.3 Å². The summed E-state index contributed by atoms with van der Waals surface area (Å²) in [6.45, 7) is 0. The summed E-state index contributed by atoms with van der Waals surface area (Å²) in [5.41, 5.74) is 0.0430. The number of amides is 1. The van der Waals surface area contributed by atoms with E-state index >= 15 is 0 Å². The number of hydrogen-bond donors (Lipinski definition) is 1.